The van der Waals surface area contributed by atoms with Gasteiger partial charge in [-0.15, -0.1) is 0 Å². The zero-order valence-electron chi connectivity index (χ0n) is 17.1. The summed E-state index contributed by atoms with van der Waals surface area (Å²) >= 11 is 0. The Kier molecular flexibility index (Phi) is 5.04. The van der Waals surface area contributed by atoms with Crippen molar-refractivity contribution in [1.29, 1.82) is 0 Å². The summed E-state index contributed by atoms with van der Waals surface area (Å²) in [6, 6.07) is 12.9. The fourth-order valence-electron chi connectivity index (χ4n) is 5.64. The van der Waals surface area contributed by atoms with Gasteiger partial charge >= 0.3 is 0 Å². The molecule has 3 aliphatic heterocycles. The van der Waals surface area contributed by atoms with Crippen molar-refractivity contribution in [3.05, 3.63) is 59.9 Å². The number of aliphatic hydroxyl groups is 1. The van der Waals surface area contributed by atoms with Crippen molar-refractivity contribution in [3.63, 3.8) is 0 Å². The van der Waals surface area contributed by atoms with Crippen LogP contribution in [0.5, 0.6) is 5.75 Å². The van der Waals surface area contributed by atoms with Gasteiger partial charge in [0, 0.05) is 69.8 Å². The second-order valence-electron chi connectivity index (χ2n) is 8.91. The van der Waals surface area contributed by atoms with Gasteiger partial charge in [0.25, 0.3) is 0 Å². The molecule has 1 aromatic heterocycles. The van der Waals surface area contributed by atoms with Gasteiger partial charge in [-0.3, -0.25) is 19.7 Å². The molecule has 2 atom stereocenters. The van der Waals surface area contributed by atoms with Crippen LogP contribution in [0.4, 0.5) is 0 Å². The lowest BCUT2D eigenvalue weighted by Gasteiger charge is -2.61. The lowest BCUT2D eigenvalue weighted by Crippen LogP contribution is -2.77. The minimum atomic E-state index is -0.196. The van der Waals surface area contributed by atoms with Crippen molar-refractivity contribution < 1.29 is 9.84 Å². The molecule has 1 spiro atoms. The third kappa shape index (κ3) is 3.66. The summed E-state index contributed by atoms with van der Waals surface area (Å²) in [5.74, 6) is 0.963. The lowest BCUT2D eigenvalue weighted by atomic mass is 9.83. The molecule has 29 heavy (non-hydrogen) atoms. The maximum absolute atomic E-state index is 10.4. The number of methoxy groups -OCH3 is 1. The molecule has 1 N–H and O–H groups in total. The predicted molar refractivity (Wildman–Crippen MR) is 112 cm³/mol. The van der Waals surface area contributed by atoms with Crippen LogP contribution in [-0.2, 0) is 13.1 Å². The fourth-order valence-corrected chi connectivity index (χ4v) is 5.64. The molecule has 2 aromatic rings. The van der Waals surface area contributed by atoms with Gasteiger partial charge in [-0.05, 0) is 24.1 Å². The van der Waals surface area contributed by atoms with Crippen molar-refractivity contribution in [2.75, 3.05) is 39.8 Å². The molecule has 0 radical (unpaired) electrons. The second-order valence-corrected chi connectivity index (χ2v) is 8.91. The third-order valence-corrected chi connectivity index (χ3v) is 6.74. The van der Waals surface area contributed by atoms with Crippen LogP contribution in [0.25, 0.3) is 0 Å². The SMILES string of the molecule is COc1ccccc1CN1CC2(CN(Cc3cccnc3)CC3CC(O)CN32)C1. The standard InChI is InChI=1S/C23H30N4O2/c1-29-22-7-3-2-6-19(22)12-26-16-23(17-26)15-25(11-18-5-4-8-24-10-18)13-20-9-21(28)14-27(20)23/h2-8,10,20-21,28H,9,11-17H2,1H3. The molecular formula is C23H30N4O2. The molecule has 6 nitrogen and oxygen atoms in total. The van der Waals surface area contributed by atoms with Crippen molar-refractivity contribution in [2.24, 2.45) is 0 Å². The maximum Gasteiger partial charge on any atom is 0.123 e. The van der Waals surface area contributed by atoms with Crippen LogP contribution in [0, 0.1) is 0 Å². The van der Waals surface area contributed by atoms with Crippen molar-refractivity contribution in [1.82, 2.24) is 19.7 Å². The first kappa shape index (κ1) is 19.0. The number of para-hydroxylation sites is 1. The van der Waals surface area contributed by atoms with Gasteiger partial charge in [0.1, 0.15) is 5.75 Å². The van der Waals surface area contributed by atoms with E-state index in [0.29, 0.717) is 6.04 Å². The molecule has 1 aromatic carbocycles. The molecule has 3 saturated heterocycles. The van der Waals surface area contributed by atoms with E-state index in [9.17, 15) is 5.11 Å². The molecule has 6 heteroatoms. The number of hydrogen-bond donors (Lipinski definition) is 1. The Labute approximate surface area is 172 Å². The highest BCUT2D eigenvalue weighted by Gasteiger charge is 2.55. The molecule has 3 aliphatic rings. The Morgan fingerprint density at radius 3 is 2.69 bits per heavy atom. The maximum atomic E-state index is 10.4. The van der Waals surface area contributed by atoms with Gasteiger partial charge in [-0.25, -0.2) is 0 Å². The van der Waals surface area contributed by atoms with Crippen LogP contribution >= 0.6 is 0 Å². The highest BCUT2D eigenvalue weighted by Crippen LogP contribution is 2.40. The van der Waals surface area contributed by atoms with E-state index in [1.807, 2.05) is 30.6 Å². The first-order chi connectivity index (χ1) is 14.1. The quantitative estimate of drug-likeness (QED) is 0.831. The fraction of sp³-hybridized carbons (Fsp3) is 0.522. The Morgan fingerprint density at radius 2 is 1.90 bits per heavy atom. The molecular weight excluding hydrogens is 364 g/mol. The molecule has 5 rings (SSSR count). The molecule has 0 saturated carbocycles. The molecule has 2 unspecified atom stereocenters. The van der Waals surface area contributed by atoms with E-state index in [-0.39, 0.29) is 11.6 Å². The molecule has 3 fully saturated rings. The normalized spacial score (nSPS) is 27.0. The van der Waals surface area contributed by atoms with E-state index in [4.69, 9.17) is 4.74 Å². The predicted octanol–water partition coefficient (Wildman–Crippen LogP) is 1.60. The minimum absolute atomic E-state index is 0.143. The lowest BCUT2D eigenvalue weighted by molar-refractivity contribution is -0.118. The number of rotatable bonds is 5. The number of nitrogens with zero attached hydrogens (tertiary/aromatic N) is 4. The van der Waals surface area contributed by atoms with Crippen LogP contribution < -0.4 is 4.74 Å². The summed E-state index contributed by atoms with van der Waals surface area (Å²) in [6.07, 6.45) is 4.49. The Bertz CT molecular complexity index is 840. The van der Waals surface area contributed by atoms with Crippen LogP contribution in [0.2, 0.25) is 0 Å². The number of benzene rings is 1. The van der Waals surface area contributed by atoms with Crippen molar-refractivity contribution >= 4 is 0 Å². The Balaban J connectivity index is 1.30. The van der Waals surface area contributed by atoms with Gasteiger partial charge in [0.05, 0.1) is 18.8 Å². The van der Waals surface area contributed by atoms with Crippen LogP contribution in [0.3, 0.4) is 0 Å². The zero-order chi connectivity index (χ0) is 19.8. The first-order valence-electron chi connectivity index (χ1n) is 10.6. The number of hydrogen-bond acceptors (Lipinski definition) is 6. The van der Waals surface area contributed by atoms with E-state index >= 15 is 0 Å². The summed E-state index contributed by atoms with van der Waals surface area (Å²) in [7, 11) is 1.74. The van der Waals surface area contributed by atoms with Crippen LogP contribution in [0.1, 0.15) is 17.5 Å². The minimum Gasteiger partial charge on any atom is -0.496 e. The first-order valence-corrected chi connectivity index (χ1v) is 10.6. The molecule has 0 bridgehead atoms. The number of ether oxygens (including phenoxy) is 1. The summed E-state index contributed by atoms with van der Waals surface area (Å²) in [4.78, 5) is 12.0. The monoisotopic (exact) mass is 394 g/mol. The summed E-state index contributed by atoms with van der Waals surface area (Å²) < 4.78 is 5.53. The van der Waals surface area contributed by atoms with Gasteiger partial charge in [0.2, 0.25) is 0 Å². The molecule has 0 aliphatic carbocycles. The van der Waals surface area contributed by atoms with Gasteiger partial charge in [0.15, 0.2) is 0 Å². The van der Waals surface area contributed by atoms with Crippen molar-refractivity contribution in [2.45, 2.75) is 37.2 Å². The molecule has 0 amide bonds. The number of piperazine rings is 1. The highest BCUT2D eigenvalue weighted by atomic mass is 16.5. The summed E-state index contributed by atoms with van der Waals surface area (Å²) in [5, 5.41) is 10.4. The Morgan fingerprint density at radius 1 is 1.07 bits per heavy atom. The van der Waals surface area contributed by atoms with Crippen LogP contribution in [-0.4, -0.2) is 82.3 Å². The number of likely N-dealkylation sites (tertiary alicyclic amines) is 1. The smallest absolute Gasteiger partial charge is 0.123 e. The number of fused-ring (bicyclic) bond motifs is 2. The summed E-state index contributed by atoms with van der Waals surface area (Å²) in [5.41, 5.74) is 2.65. The Hall–Kier alpha value is -1.99. The topological polar surface area (TPSA) is 52.1 Å². The average Bonchev–Trinajstić information content (AvgIpc) is 3.08. The van der Waals surface area contributed by atoms with E-state index in [1.54, 1.807) is 7.11 Å². The van der Waals surface area contributed by atoms with Gasteiger partial charge in [-0.1, -0.05) is 24.3 Å². The van der Waals surface area contributed by atoms with Gasteiger partial charge in [-0.2, -0.15) is 0 Å². The summed E-state index contributed by atoms with van der Waals surface area (Å²) in [6.45, 7) is 6.81. The third-order valence-electron chi connectivity index (χ3n) is 6.74. The number of aliphatic hydroxyl groups excluding tert-OH is 1. The van der Waals surface area contributed by atoms with Gasteiger partial charge < -0.3 is 9.84 Å². The van der Waals surface area contributed by atoms with E-state index in [2.05, 4.69) is 37.9 Å². The van der Waals surface area contributed by atoms with E-state index in [0.717, 1.165) is 58.0 Å². The molecule has 4 heterocycles. The van der Waals surface area contributed by atoms with Crippen molar-refractivity contribution in [3.8, 4) is 5.75 Å². The zero-order valence-corrected chi connectivity index (χ0v) is 17.1. The highest BCUT2D eigenvalue weighted by molar-refractivity contribution is 5.33. The van der Waals surface area contributed by atoms with E-state index in [1.165, 1.54) is 11.1 Å². The number of aromatic nitrogens is 1. The van der Waals surface area contributed by atoms with E-state index < -0.39 is 0 Å². The van der Waals surface area contributed by atoms with Crippen LogP contribution in [0.15, 0.2) is 48.8 Å². The second kappa shape index (κ2) is 7.69. The number of pyridine rings is 1. The molecule has 154 valence electrons. The average molecular weight is 395 g/mol. The number of β-amino-alcohol motifs (C(OH)–C–C–N with tert-alkyl or cyclic N) is 1. The largest absolute Gasteiger partial charge is 0.496 e.